The Balaban J connectivity index is 1.82. The van der Waals surface area contributed by atoms with Crippen molar-refractivity contribution in [3.05, 3.63) is 57.5 Å². The van der Waals surface area contributed by atoms with Gasteiger partial charge in [0.1, 0.15) is 0 Å². The molecule has 1 fully saturated rings. The Morgan fingerprint density at radius 2 is 1.91 bits per heavy atom. The molecule has 0 saturated carbocycles. The van der Waals surface area contributed by atoms with E-state index in [4.69, 9.17) is 16.3 Å². The summed E-state index contributed by atoms with van der Waals surface area (Å²) in [5.74, 6) is -0.196. The maximum atomic E-state index is 12.4. The van der Waals surface area contributed by atoms with Crippen LogP contribution in [0.3, 0.4) is 0 Å². The second kappa shape index (κ2) is 7.34. The third-order valence-corrected chi connectivity index (χ3v) is 4.71. The average molecular weight is 396 g/mol. The van der Waals surface area contributed by atoms with E-state index in [2.05, 4.69) is 26.1 Å². The molecule has 120 valence electrons. The van der Waals surface area contributed by atoms with Crippen LogP contribution < -0.4 is 10.2 Å². The highest BCUT2D eigenvalue weighted by Crippen LogP contribution is 2.29. The van der Waals surface area contributed by atoms with E-state index in [0.717, 1.165) is 23.2 Å². The Bertz CT molecular complexity index is 717. The Morgan fingerprint density at radius 3 is 2.65 bits per heavy atom. The Labute approximate surface area is 148 Å². The van der Waals surface area contributed by atoms with Gasteiger partial charge in [-0.15, -0.1) is 0 Å². The molecule has 2 aromatic rings. The van der Waals surface area contributed by atoms with E-state index in [1.165, 1.54) is 0 Å². The first-order valence-corrected chi connectivity index (χ1v) is 8.50. The molecule has 1 saturated heterocycles. The second-order valence-electron chi connectivity index (χ2n) is 5.20. The van der Waals surface area contributed by atoms with Gasteiger partial charge in [-0.2, -0.15) is 0 Å². The molecule has 23 heavy (non-hydrogen) atoms. The van der Waals surface area contributed by atoms with Gasteiger partial charge in [0, 0.05) is 23.2 Å². The van der Waals surface area contributed by atoms with E-state index in [-0.39, 0.29) is 5.91 Å². The molecule has 3 rings (SSSR count). The number of anilines is 2. The largest absolute Gasteiger partial charge is 0.378 e. The Kier molecular flexibility index (Phi) is 5.20. The number of nitrogens with one attached hydrogen (secondary N) is 1. The number of hydrogen-bond acceptors (Lipinski definition) is 3. The van der Waals surface area contributed by atoms with Gasteiger partial charge in [0.2, 0.25) is 0 Å². The number of halogens is 2. The SMILES string of the molecule is O=C(Nc1cc(N2CCOCC2)ccc1Cl)c1ccccc1Br. The highest BCUT2D eigenvalue weighted by molar-refractivity contribution is 9.10. The monoisotopic (exact) mass is 394 g/mol. The van der Waals surface area contributed by atoms with Crippen molar-refractivity contribution in [3.8, 4) is 0 Å². The molecule has 0 unspecified atom stereocenters. The smallest absolute Gasteiger partial charge is 0.256 e. The van der Waals surface area contributed by atoms with E-state index in [1.54, 1.807) is 6.07 Å². The van der Waals surface area contributed by atoms with Crippen LogP contribution in [0.25, 0.3) is 0 Å². The summed E-state index contributed by atoms with van der Waals surface area (Å²) < 4.78 is 6.12. The zero-order valence-electron chi connectivity index (χ0n) is 12.4. The number of carbonyl (C=O) groups is 1. The molecule has 0 atom stereocenters. The van der Waals surface area contributed by atoms with Crippen molar-refractivity contribution < 1.29 is 9.53 Å². The Morgan fingerprint density at radius 1 is 1.17 bits per heavy atom. The average Bonchev–Trinajstić information content (AvgIpc) is 2.58. The molecule has 2 aromatic carbocycles. The van der Waals surface area contributed by atoms with Gasteiger partial charge in [-0.05, 0) is 46.3 Å². The molecule has 0 bridgehead atoms. The molecule has 1 heterocycles. The van der Waals surface area contributed by atoms with Gasteiger partial charge in [0.15, 0.2) is 0 Å². The van der Waals surface area contributed by atoms with Crippen LogP contribution in [0.4, 0.5) is 11.4 Å². The predicted molar refractivity (Wildman–Crippen MR) is 96.6 cm³/mol. The lowest BCUT2D eigenvalue weighted by Crippen LogP contribution is -2.36. The quantitative estimate of drug-likeness (QED) is 0.847. The summed E-state index contributed by atoms with van der Waals surface area (Å²) in [6.45, 7) is 3.08. The number of hydrogen-bond donors (Lipinski definition) is 1. The molecular weight excluding hydrogens is 380 g/mol. The molecule has 0 spiro atoms. The molecule has 1 aliphatic heterocycles. The number of benzene rings is 2. The van der Waals surface area contributed by atoms with Crippen molar-refractivity contribution in [2.24, 2.45) is 0 Å². The molecule has 0 aromatic heterocycles. The molecular formula is C17H16BrClN2O2. The molecule has 6 heteroatoms. The fourth-order valence-corrected chi connectivity index (χ4v) is 3.09. The standard InChI is InChI=1S/C17H16BrClN2O2/c18-14-4-2-1-3-13(14)17(22)20-16-11-12(5-6-15(16)19)21-7-9-23-10-8-21/h1-6,11H,7-10H2,(H,20,22). The highest BCUT2D eigenvalue weighted by atomic mass is 79.9. The fourth-order valence-electron chi connectivity index (χ4n) is 2.46. The number of carbonyl (C=O) groups excluding carboxylic acids is 1. The summed E-state index contributed by atoms with van der Waals surface area (Å²) in [6.07, 6.45) is 0. The number of nitrogens with zero attached hydrogens (tertiary/aromatic N) is 1. The van der Waals surface area contributed by atoms with Crippen molar-refractivity contribution in [1.82, 2.24) is 0 Å². The molecule has 0 aliphatic carbocycles. The normalized spacial score (nSPS) is 14.6. The number of ether oxygens (including phenoxy) is 1. The molecule has 1 N–H and O–H groups in total. The maximum absolute atomic E-state index is 12.4. The van der Waals surface area contributed by atoms with E-state index < -0.39 is 0 Å². The summed E-state index contributed by atoms with van der Waals surface area (Å²) in [6, 6.07) is 13.0. The third-order valence-electron chi connectivity index (χ3n) is 3.69. The van der Waals surface area contributed by atoms with Gasteiger partial charge >= 0.3 is 0 Å². The van der Waals surface area contributed by atoms with E-state index in [0.29, 0.717) is 29.5 Å². The van der Waals surface area contributed by atoms with E-state index >= 15 is 0 Å². The first kappa shape index (κ1) is 16.3. The summed E-state index contributed by atoms with van der Waals surface area (Å²) in [5, 5.41) is 3.40. The third kappa shape index (κ3) is 3.86. The summed E-state index contributed by atoms with van der Waals surface area (Å²) in [4.78, 5) is 14.7. The summed E-state index contributed by atoms with van der Waals surface area (Å²) in [5.41, 5.74) is 2.21. The van der Waals surface area contributed by atoms with Gasteiger partial charge < -0.3 is 15.0 Å². The van der Waals surface area contributed by atoms with Crippen LogP contribution in [0.15, 0.2) is 46.9 Å². The molecule has 4 nitrogen and oxygen atoms in total. The van der Waals surface area contributed by atoms with Crippen LogP contribution in [0, 0.1) is 0 Å². The number of morpholine rings is 1. The highest BCUT2D eigenvalue weighted by Gasteiger charge is 2.15. The fraction of sp³-hybridized carbons (Fsp3) is 0.235. The Hall–Kier alpha value is -1.56. The lowest BCUT2D eigenvalue weighted by Gasteiger charge is -2.29. The van der Waals surface area contributed by atoms with Crippen LogP contribution in [-0.2, 0) is 4.74 Å². The van der Waals surface area contributed by atoms with E-state index in [1.807, 2.05) is 36.4 Å². The first-order valence-electron chi connectivity index (χ1n) is 7.33. The van der Waals surface area contributed by atoms with Crippen molar-refractivity contribution in [2.45, 2.75) is 0 Å². The summed E-state index contributed by atoms with van der Waals surface area (Å²) >= 11 is 9.63. The van der Waals surface area contributed by atoms with Crippen LogP contribution >= 0.6 is 27.5 Å². The number of rotatable bonds is 3. The molecule has 1 amide bonds. The lowest BCUT2D eigenvalue weighted by atomic mass is 10.2. The van der Waals surface area contributed by atoms with E-state index in [9.17, 15) is 4.79 Å². The number of amides is 1. The predicted octanol–water partition coefficient (Wildman–Crippen LogP) is 4.19. The van der Waals surface area contributed by atoms with Crippen LogP contribution in [0.5, 0.6) is 0 Å². The minimum atomic E-state index is -0.196. The van der Waals surface area contributed by atoms with Gasteiger partial charge in [-0.1, -0.05) is 23.7 Å². The summed E-state index contributed by atoms with van der Waals surface area (Å²) in [7, 11) is 0. The van der Waals surface area contributed by atoms with Gasteiger partial charge in [0.05, 0.1) is 29.5 Å². The minimum absolute atomic E-state index is 0.196. The second-order valence-corrected chi connectivity index (χ2v) is 6.46. The molecule has 0 radical (unpaired) electrons. The maximum Gasteiger partial charge on any atom is 0.256 e. The lowest BCUT2D eigenvalue weighted by molar-refractivity contribution is 0.102. The zero-order chi connectivity index (χ0) is 16.2. The van der Waals surface area contributed by atoms with Crippen molar-refractivity contribution in [2.75, 3.05) is 36.5 Å². The minimum Gasteiger partial charge on any atom is -0.378 e. The first-order chi connectivity index (χ1) is 11.1. The zero-order valence-corrected chi connectivity index (χ0v) is 14.7. The van der Waals surface area contributed by atoms with Gasteiger partial charge in [0.25, 0.3) is 5.91 Å². The van der Waals surface area contributed by atoms with Crippen molar-refractivity contribution >= 4 is 44.8 Å². The van der Waals surface area contributed by atoms with Gasteiger partial charge in [-0.3, -0.25) is 4.79 Å². The van der Waals surface area contributed by atoms with Crippen molar-refractivity contribution in [1.29, 1.82) is 0 Å². The van der Waals surface area contributed by atoms with Gasteiger partial charge in [-0.25, -0.2) is 0 Å². The van der Waals surface area contributed by atoms with Crippen molar-refractivity contribution in [3.63, 3.8) is 0 Å². The van der Waals surface area contributed by atoms with Crippen LogP contribution in [-0.4, -0.2) is 32.2 Å². The topological polar surface area (TPSA) is 41.6 Å². The van der Waals surface area contributed by atoms with Crippen LogP contribution in [0.2, 0.25) is 5.02 Å². The molecule has 1 aliphatic rings. The van der Waals surface area contributed by atoms with Crippen LogP contribution in [0.1, 0.15) is 10.4 Å².